The van der Waals surface area contributed by atoms with E-state index >= 15 is 0 Å². The molecule has 1 aromatic heterocycles. The summed E-state index contributed by atoms with van der Waals surface area (Å²) < 4.78 is 10.6. The van der Waals surface area contributed by atoms with Crippen molar-refractivity contribution >= 4 is 24.1 Å². The zero-order valence-electron chi connectivity index (χ0n) is 17.0. The highest BCUT2D eigenvalue weighted by atomic mass is 16.5. The van der Waals surface area contributed by atoms with Crippen LogP contribution in [0.3, 0.4) is 0 Å². The molecule has 1 N–H and O–H groups in total. The van der Waals surface area contributed by atoms with Crippen LogP contribution in [0.15, 0.2) is 23.3 Å². The Bertz CT molecular complexity index is 828. The smallest absolute Gasteiger partial charge is 0.250 e. The van der Waals surface area contributed by atoms with Crippen molar-refractivity contribution in [2.75, 3.05) is 55.6 Å². The molecule has 0 amide bonds. The Morgan fingerprint density at radius 1 is 0.897 bits per heavy atom. The number of hydrazone groups is 1. The van der Waals surface area contributed by atoms with Crippen molar-refractivity contribution in [3.8, 4) is 11.5 Å². The normalized spacial score (nSPS) is 16.6. The van der Waals surface area contributed by atoms with Gasteiger partial charge in [-0.1, -0.05) is 0 Å². The molecule has 2 aromatic rings. The Morgan fingerprint density at radius 2 is 1.52 bits per heavy atom. The molecule has 4 rings (SSSR count). The number of rotatable bonds is 7. The first-order chi connectivity index (χ1) is 14.3. The summed E-state index contributed by atoms with van der Waals surface area (Å²) in [6.45, 7) is 3.93. The molecule has 0 aliphatic carbocycles. The summed E-state index contributed by atoms with van der Waals surface area (Å²) in [4.78, 5) is 18.3. The Labute approximate surface area is 170 Å². The van der Waals surface area contributed by atoms with Gasteiger partial charge in [-0.2, -0.15) is 20.1 Å². The highest BCUT2D eigenvalue weighted by Crippen LogP contribution is 2.24. The van der Waals surface area contributed by atoms with Crippen molar-refractivity contribution in [1.29, 1.82) is 0 Å². The van der Waals surface area contributed by atoms with E-state index in [0.29, 0.717) is 11.7 Å². The predicted octanol–water partition coefficient (Wildman–Crippen LogP) is 2.54. The maximum atomic E-state index is 5.41. The average molecular weight is 397 g/mol. The quantitative estimate of drug-likeness (QED) is 0.563. The van der Waals surface area contributed by atoms with Gasteiger partial charge in [0.05, 0.1) is 20.4 Å². The van der Waals surface area contributed by atoms with Gasteiger partial charge in [-0.15, -0.1) is 0 Å². The maximum absolute atomic E-state index is 5.41. The fourth-order valence-electron chi connectivity index (χ4n) is 3.61. The Balaban J connectivity index is 1.55. The number of benzene rings is 1. The molecule has 0 spiro atoms. The molecule has 0 atom stereocenters. The average Bonchev–Trinajstić information content (AvgIpc) is 3.48. The minimum absolute atomic E-state index is 0.451. The predicted molar refractivity (Wildman–Crippen MR) is 113 cm³/mol. The third-order valence-corrected chi connectivity index (χ3v) is 5.20. The number of nitrogens with one attached hydrogen (secondary N) is 1. The Kier molecular flexibility index (Phi) is 5.92. The lowest BCUT2D eigenvalue weighted by atomic mass is 10.2. The summed E-state index contributed by atoms with van der Waals surface area (Å²) in [6.07, 6.45) is 6.37. The van der Waals surface area contributed by atoms with Crippen LogP contribution in [-0.4, -0.2) is 61.6 Å². The maximum Gasteiger partial charge on any atom is 0.250 e. The second-order valence-corrected chi connectivity index (χ2v) is 7.13. The van der Waals surface area contributed by atoms with Crippen molar-refractivity contribution in [2.24, 2.45) is 5.10 Å². The summed E-state index contributed by atoms with van der Waals surface area (Å²) in [5.74, 6) is 3.31. The fourth-order valence-corrected chi connectivity index (χ4v) is 3.61. The molecule has 9 heteroatoms. The summed E-state index contributed by atoms with van der Waals surface area (Å²) in [7, 11) is 3.25. The van der Waals surface area contributed by atoms with Gasteiger partial charge >= 0.3 is 0 Å². The van der Waals surface area contributed by atoms with Crippen molar-refractivity contribution in [1.82, 2.24) is 15.0 Å². The zero-order chi connectivity index (χ0) is 20.1. The van der Waals surface area contributed by atoms with Crippen molar-refractivity contribution in [3.63, 3.8) is 0 Å². The van der Waals surface area contributed by atoms with Gasteiger partial charge in [-0.3, -0.25) is 0 Å². The molecule has 0 saturated carbocycles. The number of nitrogens with zero attached hydrogens (tertiary/aromatic N) is 6. The summed E-state index contributed by atoms with van der Waals surface area (Å²) in [6, 6.07) is 5.58. The molecule has 2 fully saturated rings. The van der Waals surface area contributed by atoms with Gasteiger partial charge in [0.15, 0.2) is 0 Å². The lowest BCUT2D eigenvalue weighted by Crippen LogP contribution is -2.25. The minimum atomic E-state index is 0.451. The summed E-state index contributed by atoms with van der Waals surface area (Å²) in [5.41, 5.74) is 3.80. The number of ether oxygens (including phenoxy) is 2. The second-order valence-electron chi connectivity index (χ2n) is 7.13. The van der Waals surface area contributed by atoms with E-state index in [9.17, 15) is 0 Å². The van der Waals surface area contributed by atoms with Gasteiger partial charge in [0, 0.05) is 37.8 Å². The SMILES string of the molecule is COc1ccc(/C=N\Nc2nc(N3CCCC3)nc(N3CCCC3)n2)c(OC)c1. The van der Waals surface area contributed by atoms with E-state index in [0.717, 1.165) is 49.4 Å². The number of hydrogen-bond acceptors (Lipinski definition) is 9. The van der Waals surface area contributed by atoms with Crippen LogP contribution >= 0.6 is 0 Å². The van der Waals surface area contributed by atoms with Crippen LogP contribution in [0.4, 0.5) is 17.8 Å². The summed E-state index contributed by atoms with van der Waals surface area (Å²) in [5, 5.41) is 4.33. The molecule has 2 saturated heterocycles. The molecule has 2 aliphatic rings. The topological polar surface area (TPSA) is 88.0 Å². The Morgan fingerprint density at radius 3 is 2.07 bits per heavy atom. The first-order valence-electron chi connectivity index (χ1n) is 10.0. The van der Waals surface area contributed by atoms with Crippen LogP contribution in [0.2, 0.25) is 0 Å². The van der Waals surface area contributed by atoms with Crippen molar-refractivity contribution in [2.45, 2.75) is 25.7 Å². The summed E-state index contributed by atoms with van der Waals surface area (Å²) >= 11 is 0. The first kappa shape index (κ1) is 19.2. The molecule has 0 unspecified atom stereocenters. The lowest BCUT2D eigenvalue weighted by Gasteiger charge is -2.20. The fraction of sp³-hybridized carbons (Fsp3) is 0.500. The van der Waals surface area contributed by atoms with Gasteiger partial charge in [0.25, 0.3) is 0 Å². The van der Waals surface area contributed by atoms with Crippen LogP contribution in [0.1, 0.15) is 31.2 Å². The molecule has 9 nitrogen and oxygen atoms in total. The van der Waals surface area contributed by atoms with Crippen molar-refractivity contribution < 1.29 is 9.47 Å². The van der Waals surface area contributed by atoms with E-state index in [1.807, 2.05) is 18.2 Å². The van der Waals surface area contributed by atoms with Crippen LogP contribution in [-0.2, 0) is 0 Å². The molecule has 1 aromatic carbocycles. The zero-order valence-corrected chi connectivity index (χ0v) is 17.0. The van der Waals surface area contributed by atoms with Gasteiger partial charge in [0.1, 0.15) is 11.5 Å². The van der Waals surface area contributed by atoms with Gasteiger partial charge in [-0.25, -0.2) is 5.43 Å². The van der Waals surface area contributed by atoms with Crippen molar-refractivity contribution in [3.05, 3.63) is 23.8 Å². The van der Waals surface area contributed by atoms with E-state index in [-0.39, 0.29) is 0 Å². The third-order valence-electron chi connectivity index (χ3n) is 5.20. The minimum Gasteiger partial charge on any atom is -0.497 e. The van der Waals surface area contributed by atoms with Gasteiger partial charge < -0.3 is 19.3 Å². The monoisotopic (exact) mass is 397 g/mol. The van der Waals surface area contributed by atoms with Crippen LogP contribution in [0.25, 0.3) is 0 Å². The van der Waals surface area contributed by atoms with Gasteiger partial charge in [-0.05, 0) is 37.8 Å². The lowest BCUT2D eigenvalue weighted by molar-refractivity contribution is 0.394. The molecule has 2 aliphatic heterocycles. The van der Waals surface area contributed by atoms with Crippen LogP contribution in [0, 0.1) is 0 Å². The largest absolute Gasteiger partial charge is 0.497 e. The number of aromatic nitrogens is 3. The van der Waals surface area contributed by atoms with Crippen LogP contribution < -0.4 is 24.7 Å². The van der Waals surface area contributed by atoms with E-state index < -0.39 is 0 Å². The van der Waals surface area contributed by atoms with E-state index in [1.165, 1.54) is 25.7 Å². The molecular weight excluding hydrogens is 370 g/mol. The van der Waals surface area contributed by atoms with Gasteiger partial charge in [0.2, 0.25) is 17.8 Å². The highest BCUT2D eigenvalue weighted by molar-refractivity contribution is 5.84. The molecule has 3 heterocycles. The number of hydrogen-bond donors (Lipinski definition) is 1. The molecule has 154 valence electrons. The molecule has 29 heavy (non-hydrogen) atoms. The third kappa shape index (κ3) is 4.49. The number of methoxy groups -OCH3 is 2. The second kappa shape index (κ2) is 8.93. The number of anilines is 3. The standard InChI is InChI=1S/C20H27N7O2/c1-28-16-8-7-15(17(13-16)29-2)14-21-25-18-22-19(26-9-3-4-10-26)24-20(23-18)27-11-5-6-12-27/h7-8,13-14H,3-6,9-12H2,1-2H3,(H,22,23,24,25)/b21-14-. The highest BCUT2D eigenvalue weighted by Gasteiger charge is 2.21. The first-order valence-corrected chi connectivity index (χ1v) is 10.0. The van der Waals surface area contributed by atoms with Crippen LogP contribution in [0.5, 0.6) is 11.5 Å². The molecule has 0 radical (unpaired) electrons. The Hall–Kier alpha value is -3.10. The molecule has 0 bridgehead atoms. The van der Waals surface area contributed by atoms with E-state index in [4.69, 9.17) is 14.5 Å². The van der Waals surface area contributed by atoms with E-state index in [2.05, 4.69) is 30.3 Å². The molecular formula is C20H27N7O2. The van der Waals surface area contributed by atoms with E-state index in [1.54, 1.807) is 20.4 Å².